The molecule has 0 radical (unpaired) electrons. The third kappa shape index (κ3) is 3.11. The number of rotatable bonds is 4. The summed E-state index contributed by atoms with van der Waals surface area (Å²) in [4.78, 5) is 12.0. The maximum absolute atomic E-state index is 12.0. The van der Waals surface area contributed by atoms with Crippen LogP contribution in [-0.4, -0.2) is 28.4 Å². The summed E-state index contributed by atoms with van der Waals surface area (Å²) >= 11 is 0. The van der Waals surface area contributed by atoms with E-state index in [9.17, 15) is 4.79 Å². The van der Waals surface area contributed by atoms with Crippen LogP contribution in [0.3, 0.4) is 0 Å². The minimum absolute atomic E-state index is 0.0267. The first-order valence-electron chi connectivity index (χ1n) is 6.58. The average Bonchev–Trinajstić information content (AvgIpc) is 2.47. The predicted molar refractivity (Wildman–Crippen MR) is 79.0 cm³/mol. The lowest BCUT2D eigenvalue weighted by molar-refractivity contribution is 0.0508. The van der Waals surface area contributed by atoms with Crippen LogP contribution in [0.5, 0.6) is 5.75 Å². The van der Waals surface area contributed by atoms with Crippen LogP contribution >= 0.6 is 0 Å². The summed E-state index contributed by atoms with van der Waals surface area (Å²) < 4.78 is 10.8. The predicted octanol–water partition coefficient (Wildman–Crippen LogP) is 2.60. The molecule has 21 heavy (non-hydrogen) atoms. The number of esters is 1. The summed E-state index contributed by atoms with van der Waals surface area (Å²) in [6, 6.07) is 7.24. The van der Waals surface area contributed by atoms with Crippen molar-refractivity contribution in [2.24, 2.45) is 0 Å². The number of benzene rings is 1. The van der Waals surface area contributed by atoms with Gasteiger partial charge in [0.15, 0.2) is 11.4 Å². The Kier molecular flexibility index (Phi) is 4.08. The van der Waals surface area contributed by atoms with Gasteiger partial charge in [0.25, 0.3) is 0 Å². The van der Waals surface area contributed by atoms with E-state index in [1.807, 2.05) is 12.1 Å². The molecule has 2 rings (SSSR count). The minimum Gasteiger partial charge on any atom is -0.472 e. The number of carbonyl (C=O) groups excluding carboxylic acids is 1. The van der Waals surface area contributed by atoms with Crippen molar-refractivity contribution in [3.05, 3.63) is 30.0 Å². The first-order chi connectivity index (χ1) is 9.98. The second-order valence-electron chi connectivity index (χ2n) is 4.87. The Morgan fingerprint density at radius 3 is 2.71 bits per heavy atom. The molecule has 0 aliphatic heterocycles. The van der Waals surface area contributed by atoms with Gasteiger partial charge in [-0.2, -0.15) is 0 Å². The van der Waals surface area contributed by atoms with E-state index in [1.165, 1.54) is 0 Å². The second-order valence-corrected chi connectivity index (χ2v) is 4.87. The van der Waals surface area contributed by atoms with Gasteiger partial charge in [-0.25, -0.2) is 4.79 Å². The smallest absolute Gasteiger partial charge is 0.362 e. The number of aromatic nitrogens is 2. The molecule has 2 aromatic rings. The van der Waals surface area contributed by atoms with Gasteiger partial charge in [-0.15, -0.1) is 16.6 Å². The molecule has 0 saturated heterocycles. The van der Waals surface area contributed by atoms with Crippen molar-refractivity contribution < 1.29 is 14.3 Å². The number of terminal acetylenes is 1. The standard InChI is InChI=1S/C16H16N2O3/c1-5-16(3,4)21-14-11-9-7-8-10-12(11)17-18-13(14)15(19)20-6-2/h1,7-10H,6H2,2-4H3. The lowest BCUT2D eigenvalue weighted by Crippen LogP contribution is -2.27. The molecule has 1 aromatic carbocycles. The topological polar surface area (TPSA) is 61.3 Å². The van der Waals surface area contributed by atoms with E-state index in [4.69, 9.17) is 15.9 Å². The fourth-order valence-corrected chi connectivity index (χ4v) is 1.75. The Balaban J connectivity index is 2.63. The summed E-state index contributed by atoms with van der Waals surface area (Å²) in [5.74, 6) is 2.24. The van der Waals surface area contributed by atoms with Crippen molar-refractivity contribution in [1.82, 2.24) is 10.2 Å². The highest BCUT2D eigenvalue weighted by atomic mass is 16.5. The fourth-order valence-electron chi connectivity index (χ4n) is 1.75. The van der Waals surface area contributed by atoms with E-state index >= 15 is 0 Å². The quantitative estimate of drug-likeness (QED) is 0.638. The van der Waals surface area contributed by atoms with Crippen LogP contribution in [0.25, 0.3) is 10.9 Å². The maximum Gasteiger partial charge on any atom is 0.362 e. The molecule has 0 bridgehead atoms. The summed E-state index contributed by atoms with van der Waals surface area (Å²) in [6.45, 7) is 5.43. The zero-order valence-corrected chi connectivity index (χ0v) is 12.2. The maximum atomic E-state index is 12.0. The number of fused-ring (bicyclic) bond motifs is 1. The normalized spacial score (nSPS) is 11.0. The third-order valence-electron chi connectivity index (χ3n) is 2.80. The molecule has 5 heteroatoms. The Labute approximate surface area is 123 Å². The SMILES string of the molecule is C#CC(C)(C)Oc1c(C(=O)OCC)nnc2ccccc12. The first-order valence-corrected chi connectivity index (χ1v) is 6.58. The zero-order valence-electron chi connectivity index (χ0n) is 12.2. The Bertz CT molecular complexity index is 717. The molecule has 0 atom stereocenters. The molecule has 0 spiro atoms. The monoisotopic (exact) mass is 284 g/mol. The molecule has 0 unspecified atom stereocenters. The Hall–Kier alpha value is -2.61. The van der Waals surface area contributed by atoms with Gasteiger partial charge in [0.05, 0.1) is 12.1 Å². The largest absolute Gasteiger partial charge is 0.472 e. The van der Waals surface area contributed by atoms with Crippen molar-refractivity contribution in [3.63, 3.8) is 0 Å². The zero-order chi connectivity index (χ0) is 15.5. The highest BCUT2D eigenvalue weighted by Crippen LogP contribution is 2.30. The molecule has 5 nitrogen and oxygen atoms in total. The van der Waals surface area contributed by atoms with E-state index in [0.717, 1.165) is 0 Å². The van der Waals surface area contributed by atoms with Crippen molar-refractivity contribution >= 4 is 16.9 Å². The number of carbonyl (C=O) groups is 1. The van der Waals surface area contributed by atoms with E-state index in [0.29, 0.717) is 16.7 Å². The Morgan fingerprint density at radius 2 is 2.05 bits per heavy atom. The van der Waals surface area contributed by atoms with E-state index < -0.39 is 11.6 Å². The molecular formula is C16H16N2O3. The van der Waals surface area contributed by atoms with Crippen molar-refractivity contribution in [2.75, 3.05) is 6.61 Å². The van der Waals surface area contributed by atoms with E-state index in [1.54, 1.807) is 32.9 Å². The van der Waals surface area contributed by atoms with Gasteiger partial charge in [-0.1, -0.05) is 18.1 Å². The minimum atomic E-state index is -0.882. The van der Waals surface area contributed by atoms with Crippen LogP contribution in [0.4, 0.5) is 0 Å². The second kappa shape index (κ2) is 5.80. The molecular weight excluding hydrogens is 268 g/mol. The van der Waals surface area contributed by atoms with Gasteiger partial charge < -0.3 is 9.47 Å². The number of nitrogens with zero attached hydrogens (tertiary/aromatic N) is 2. The number of hydrogen-bond donors (Lipinski definition) is 0. The molecule has 0 fully saturated rings. The van der Waals surface area contributed by atoms with Crippen LogP contribution in [0.2, 0.25) is 0 Å². The number of ether oxygens (including phenoxy) is 2. The van der Waals surface area contributed by atoms with E-state index in [2.05, 4.69) is 16.1 Å². The molecule has 0 amide bonds. The molecule has 0 N–H and O–H groups in total. The lowest BCUT2D eigenvalue weighted by Gasteiger charge is -2.22. The van der Waals surface area contributed by atoms with Crippen molar-refractivity contribution in [1.29, 1.82) is 0 Å². The molecule has 0 aliphatic rings. The summed E-state index contributed by atoms with van der Waals surface area (Å²) in [7, 11) is 0. The fraction of sp³-hybridized carbons (Fsp3) is 0.312. The van der Waals surface area contributed by atoms with Gasteiger partial charge in [-0.3, -0.25) is 0 Å². The Morgan fingerprint density at radius 1 is 1.33 bits per heavy atom. The molecule has 108 valence electrons. The van der Waals surface area contributed by atoms with Crippen molar-refractivity contribution in [3.8, 4) is 18.1 Å². The molecule has 1 heterocycles. The summed E-state index contributed by atoms with van der Waals surface area (Å²) in [6.07, 6.45) is 5.46. The first kappa shape index (κ1) is 14.8. The van der Waals surface area contributed by atoms with Gasteiger partial charge in [0.1, 0.15) is 0 Å². The van der Waals surface area contributed by atoms with Crippen LogP contribution in [0.15, 0.2) is 24.3 Å². The molecule has 0 aliphatic carbocycles. The van der Waals surface area contributed by atoms with Crippen LogP contribution in [0.1, 0.15) is 31.3 Å². The molecule has 1 aromatic heterocycles. The highest BCUT2D eigenvalue weighted by molar-refractivity contribution is 5.97. The van der Waals surface area contributed by atoms with Gasteiger partial charge in [-0.05, 0) is 32.9 Å². The van der Waals surface area contributed by atoms with E-state index in [-0.39, 0.29) is 12.3 Å². The van der Waals surface area contributed by atoms with Gasteiger partial charge in [0.2, 0.25) is 5.69 Å². The highest BCUT2D eigenvalue weighted by Gasteiger charge is 2.25. The molecule has 0 saturated carbocycles. The van der Waals surface area contributed by atoms with Crippen LogP contribution < -0.4 is 4.74 Å². The van der Waals surface area contributed by atoms with Gasteiger partial charge >= 0.3 is 5.97 Å². The summed E-state index contributed by atoms with van der Waals surface area (Å²) in [5.41, 5.74) is -0.236. The third-order valence-corrected chi connectivity index (χ3v) is 2.80. The number of hydrogen-bond acceptors (Lipinski definition) is 5. The van der Waals surface area contributed by atoms with Gasteiger partial charge in [0, 0.05) is 5.39 Å². The lowest BCUT2D eigenvalue weighted by atomic mass is 10.1. The van der Waals surface area contributed by atoms with Crippen molar-refractivity contribution in [2.45, 2.75) is 26.4 Å². The summed E-state index contributed by atoms with van der Waals surface area (Å²) in [5, 5.41) is 8.61. The van der Waals surface area contributed by atoms with Crippen LogP contribution in [0, 0.1) is 12.3 Å². The average molecular weight is 284 g/mol. The van der Waals surface area contributed by atoms with Crippen LogP contribution in [-0.2, 0) is 4.74 Å².